The first-order valence-electron chi connectivity index (χ1n) is 12.5. The molecule has 9 heteroatoms. The van der Waals surface area contributed by atoms with Crippen molar-refractivity contribution >= 4 is 44.9 Å². The number of nitrogens with zero attached hydrogens (tertiary/aromatic N) is 2. The lowest BCUT2D eigenvalue weighted by Gasteiger charge is -2.13. The predicted molar refractivity (Wildman–Crippen MR) is 161 cm³/mol. The van der Waals surface area contributed by atoms with Crippen molar-refractivity contribution in [3.8, 4) is 22.8 Å². The molecule has 41 heavy (non-hydrogen) atoms. The molecule has 0 aliphatic rings. The second kappa shape index (κ2) is 12.4. The zero-order valence-electron chi connectivity index (χ0n) is 21.9. The Balaban J connectivity index is 1.33. The summed E-state index contributed by atoms with van der Waals surface area (Å²) in [5.74, 6) is -0.396. The maximum absolute atomic E-state index is 13.2. The minimum Gasteiger partial charge on any atom is -0.493 e. The summed E-state index contributed by atoms with van der Waals surface area (Å²) >= 11 is 3.53. The quantitative estimate of drug-likeness (QED) is 0.142. The lowest BCUT2D eigenvalue weighted by atomic mass is 10.0. The number of hydrogen-bond donors (Lipinski definition) is 2. The topological polar surface area (TPSA) is 110 Å². The average molecular weight is 610 g/mol. The molecule has 2 N–H and O–H groups in total. The number of aromatic nitrogens is 1. The molecule has 0 aliphatic carbocycles. The minimum atomic E-state index is -0.984. The zero-order chi connectivity index (χ0) is 28.8. The molecule has 8 nitrogen and oxygen atoms in total. The van der Waals surface area contributed by atoms with E-state index in [0.29, 0.717) is 38.3 Å². The number of carbonyl (C=O) groups excluding carboxylic acids is 1. The minimum absolute atomic E-state index is 0.207. The summed E-state index contributed by atoms with van der Waals surface area (Å²) in [7, 11) is 1.53. The van der Waals surface area contributed by atoms with E-state index in [4.69, 9.17) is 19.6 Å². The number of benzene rings is 4. The first kappa shape index (κ1) is 27.5. The van der Waals surface area contributed by atoms with E-state index in [1.807, 2.05) is 54.6 Å². The smallest absolute Gasteiger partial charge is 0.335 e. The SMILES string of the molecule is COc1cc(/C=N/NC(=O)c2cc(-c3ccccc3)nc3ccccc23)c(Br)cc1OCc1ccc(C(=O)O)cc1. The lowest BCUT2D eigenvalue weighted by Crippen LogP contribution is -2.18. The number of para-hydroxylation sites is 1. The number of halogens is 1. The number of ether oxygens (including phenoxy) is 2. The number of rotatable bonds is 9. The second-order valence-electron chi connectivity index (χ2n) is 8.95. The largest absolute Gasteiger partial charge is 0.493 e. The molecule has 0 saturated carbocycles. The number of methoxy groups -OCH3 is 1. The number of fused-ring (bicyclic) bond motifs is 1. The molecule has 0 bridgehead atoms. The standard InChI is InChI=1S/C32H24BrN3O5/c1-40-29-15-23(26(33)17-30(29)41-19-20-11-13-22(14-12-20)32(38)39)18-34-36-31(37)25-16-28(21-7-3-2-4-8-21)35-27-10-6-5-9-24(25)27/h2-18H,19H2,1H3,(H,36,37)(H,38,39)/b34-18+. The van der Waals surface area contributed by atoms with E-state index < -0.39 is 5.97 Å². The van der Waals surface area contributed by atoms with Crippen LogP contribution in [0.2, 0.25) is 0 Å². The Morgan fingerprint density at radius 2 is 1.68 bits per heavy atom. The molecule has 0 radical (unpaired) electrons. The zero-order valence-corrected chi connectivity index (χ0v) is 23.5. The van der Waals surface area contributed by atoms with E-state index in [-0.39, 0.29) is 18.1 Å². The number of carbonyl (C=O) groups is 2. The fraction of sp³-hybridized carbons (Fsp3) is 0.0625. The van der Waals surface area contributed by atoms with Crippen LogP contribution in [0.5, 0.6) is 11.5 Å². The number of pyridine rings is 1. The Morgan fingerprint density at radius 1 is 0.951 bits per heavy atom. The Labute approximate surface area is 244 Å². The van der Waals surface area contributed by atoms with Gasteiger partial charge in [-0.25, -0.2) is 15.2 Å². The number of carboxylic acid groups (broad SMARTS) is 1. The summed E-state index contributed by atoms with van der Waals surface area (Å²) in [4.78, 5) is 29.0. The molecule has 204 valence electrons. The molecule has 0 aliphatic heterocycles. The van der Waals surface area contributed by atoms with Gasteiger partial charge in [-0.2, -0.15) is 5.10 Å². The van der Waals surface area contributed by atoms with Gasteiger partial charge in [0.2, 0.25) is 0 Å². The van der Waals surface area contributed by atoms with Crippen LogP contribution in [0.4, 0.5) is 0 Å². The molecule has 0 spiro atoms. The van der Waals surface area contributed by atoms with Crippen molar-refractivity contribution in [3.63, 3.8) is 0 Å². The molecule has 0 unspecified atom stereocenters. The van der Waals surface area contributed by atoms with Crippen LogP contribution in [0.25, 0.3) is 22.2 Å². The first-order valence-corrected chi connectivity index (χ1v) is 13.3. The molecule has 1 aromatic heterocycles. The number of nitrogens with one attached hydrogen (secondary N) is 1. The fourth-order valence-electron chi connectivity index (χ4n) is 4.17. The summed E-state index contributed by atoms with van der Waals surface area (Å²) in [5, 5.41) is 14.0. The highest BCUT2D eigenvalue weighted by atomic mass is 79.9. The highest BCUT2D eigenvalue weighted by molar-refractivity contribution is 9.10. The van der Waals surface area contributed by atoms with Crippen LogP contribution in [0.1, 0.15) is 31.8 Å². The average Bonchev–Trinajstić information content (AvgIpc) is 3.00. The second-order valence-corrected chi connectivity index (χ2v) is 9.81. The Hall–Kier alpha value is -5.02. The number of hydrogen-bond acceptors (Lipinski definition) is 6. The maximum Gasteiger partial charge on any atom is 0.335 e. The van der Waals surface area contributed by atoms with Crippen molar-refractivity contribution in [3.05, 3.63) is 124 Å². The highest BCUT2D eigenvalue weighted by Crippen LogP contribution is 2.33. The van der Waals surface area contributed by atoms with E-state index in [2.05, 4.69) is 26.5 Å². The van der Waals surface area contributed by atoms with E-state index in [1.165, 1.54) is 25.5 Å². The summed E-state index contributed by atoms with van der Waals surface area (Å²) in [5.41, 5.74) is 7.07. The monoisotopic (exact) mass is 609 g/mol. The van der Waals surface area contributed by atoms with Crippen molar-refractivity contribution in [2.75, 3.05) is 7.11 Å². The summed E-state index contributed by atoms with van der Waals surface area (Å²) in [6.45, 7) is 0.219. The van der Waals surface area contributed by atoms with Crippen molar-refractivity contribution in [1.29, 1.82) is 0 Å². The third kappa shape index (κ3) is 6.42. The summed E-state index contributed by atoms with van der Waals surface area (Å²) < 4.78 is 12.1. The van der Waals surface area contributed by atoms with Gasteiger partial charge in [-0.05, 0) is 57.9 Å². The molecule has 0 atom stereocenters. The van der Waals surface area contributed by atoms with Gasteiger partial charge < -0.3 is 14.6 Å². The Morgan fingerprint density at radius 3 is 2.41 bits per heavy atom. The van der Waals surface area contributed by atoms with Gasteiger partial charge >= 0.3 is 5.97 Å². The highest BCUT2D eigenvalue weighted by Gasteiger charge is 2.14. The van der Waals surface area contributed by atoms with Gasteiger partial charge in [0.25, 0.3) is 5.91 Å². The van der Waals surface area contributed by atoms with Crippen LogP contribution in [-0.2, 0) is 6.61 Å². The third-order valence-corrected chi connectivity index (χ3v) is 6.97. The molecule has 0 fully saturated rings. The molecule has 5 rings (SSSR count). The van der Waals surface area contributed by atoms with Crippen molar-refractivity contribution in [2.45, 2.75) is 6.61 Å². The maximum atomic E-state index is 13.2. The van der Waals surface area contributed by atoms with Gasteiger partial charge in [-0.1, -0.05) is 60.7 Å². The Kier molecular flexibility index (Phi) is 8.36. The molecule has 0 saturated heterocycles. The molecule has 4 aromatic carbocycles. The first-order chi connectivity index (χ1) is 19.9. The van der Waals surface area contributed by atoms with Crippen molar-refractivity contribution < 1.29 is 24.2 Å². The molecular weight excluding hydrogens is 586 g/mol. The molecule has 1 heterocycles. The van der Waals surface area contributed by atoms with Crippen LogP contribution in [0.15, 0.2) is 107 Å². The Bertz CT molecular complexity index is 1760. The van der Waals surface area contributed by atoms with E-state index in [1.54, 1.807) is 30.3 Å². The number of amides is 1. The van der Waals surface area contributed by atoms with E-state index in [0.717, 1.165) is 16.5 Å². The summed E-state index contributed by atoms with van der Waals surface area (Å²) in [6.07, 6.45) is 1.51. The van der Waals surface area contributed by atoms with E-state index >= 15 is 0 Å². The van der Waals surface area contributed by atoms with Gasteiger partial charge in [0.1, 0.15) is 6.61 Å². The third-order valence-electron chi connectivity index (χ3n) is 6.28. The number of carboxylic acids is 1. The van der Waals surface area contributed by atoms with Gasteiger partial charge in [-0.3, -0.25) is 4.79 Å². The van der Waals surface area contributed by atoms with Crippen LogP contribution in [0, 0.1) is 0 Å². The van der Waals surface area contributed by atoms with Crippen LogP contribution in [-0.4, -0.2) is 35.3 Å². The molecule has 5 aromatic rings. The van der Waals surface area contributed by atoms with Crippen molar-refractivity contribution in [2.24, 2.45) is 5.10 Å². The van der Waals surface area contributed by atoms with Crippen LogP contribution in [0.3, 0.4) is 0 Å². The number of aromatic carboxylic acids is 1. The van der Waals surface area contributed by atoms with E-state index in [9.17, 15) is 9.59 Å². The van der Waals surface area contributed by atoms with Crippen molar-refractivity contribution in [1.82, 2.24) is 10.4 Å². The number of hydrazone groups is 1. The lowest BCUT2D eigenvalue weighted by molar-refractivity contribution is 0.0696. The van der Waals surface area contributed by atoms with Gasteiger partial charge in [-0.15, -0.1) is 0 Å². The predicted octanol–water partition coefficient (Wildman–Crippen LogP) is 6.71. The summed E-state index contributed by atoms with van der Waals surface area (Å²) in [6, 6.07) is 28.9. The molecular formula is C32H24BrN3O5. The molecule has 1 amide bonds. The van der Waals surface area contributed by atoms with Gasteiger partial charge in [0, 0.05) is 21.0 Å². The van der Waals surface area contributed by atoms with Crippen LogP contribution < -0.4 is 14.9 Å². The normalized spacial score (nSPS) is 11.0. The van der Waals surface area contributed by atoms with Crippen LogP contribution >= 0.6 is 15.9 Å². The fourth-order valence-corrected chi connectivity index (χ4v) is 4.59. The van der Waals surface area contributed by atoms with Gasteiger partial charge in [0.15, 0.2) is 11.5 Å². The van der Waals surface area contributed by atoms with Gasteiger partial charge in [0.05, 0.1) is 35.7 Å².